The van der Waals surface area contributed by atoms with Crippen molar-refractivity contribution >= 4 is 11.8 Å². The Labute approximate surface area is 125 Å². The maximum absolute atomic E-state index is 11.7. The van der Waals surface area contributed by atoms with E-state index in [0.29, 0.717) is 19.0 Å². The van der Waals surface area contributed by atoms with E-state index in [4.69, 9.17) is 4.74 Å². The number of likely N-dealkylation sites (tertiary alicyclic amines) is 1. The highest BCUT2D eigenvalue weighted by atomic mass is 16.5. The molecule has 1 aliphatic rings. The van der Waals surface area contributed by atoms with Crippen LogP contribution < -0.4 is 5.32 Å². The monoisotopic (exact) mass is 292 g/mol. The van der Waals surface area contributed by atoms with E-state index in [-0.39, 0.29) is 11.9 Å². The number of rotatable bonds is 5. The molecule has 6 heteroatoms. The van der Waals surface area contributed by atoms with Crippen molar-refractivity contribution in [2.45, 2.75) is 27.3 Å². The summed E-state index contributed by atoms with van der Waals surface area (Å²) in [4.78, 5) is 23.0. The van der Waals surface area contributed by atoms with Gasteiger partial charge in [-0.3, -0.25) is 9.69 Å². The number of esters is 1. The van der Waals surface area contributed by atoms with E-state index in [1.807, 2.05) is 19.9 Å². The number of ether oxygens (including phenoxy) is 1. The quantitative estimate of drug-likeness (QED) is 0.829. The molecular formula is C15H24N4O2. The lowest BCUT2D eigenvalue weighted by Gasteiger charge is -2.15. The maximum atomic E-state index is 11.7. The molecule has 0 radical (unpaired) electrons. The third-order valence-corrected chi connectivity index (χ3v) is 3.82. The summed E-state index contributed by atoms with van der Waals surface area (Å²) >= 11 is 0. The van der Waals surface area contributed by atoms with Gasteiger partial charge in [0.05, 0.1) is 19.6 Å². The fraction of sp³-hybridized carbons (Fsp3) is 0.667. The third kappa shape index (κ3) is 3.91. The summed E-state index contributed by atoms with van der Waals surface area (Å²) in [6.45, 7) is 9.17. The van der Waals surface area contributed by atoms with Gasteiger partial charge in [0.2, 0.25) is 0 Å². The average Bonchev–Trinajstić information content (AvgIpc) is 2.78. The zero-order chi connectivity index (χ0) is 15.4. The van der Waals surface area contributed by atoms with Crippen LogP contribution in [0.2, 0.25) is 0 Å². The molecule has 0 bridgehead atoms. The van der Waals surface area contributed by atoms with E-state index in [9.17, 15) is 4.79 Å². The van der Waals surface area contributed by atoms with Gasteiger partial charge in [-0.05, 0) is 19.8 Å². The van der Waals surface area contributed by atoms with Gasteiger partial charge < -0.3 is 10.1 Å². The Hall–Kier alpha value is -1.69. The van der Waals surface area contributed by atoms with Crippen LogP contribution in [0, 0.1) is 18.8 Å². The van der Waals surface area contributed by atoms with Crippen LogP contribution >= 0.6 is 0 Å². The van der Waals surface area contributed by atoms with Gasteiger partial charge >= 0.3 is 5.97 Å². The second kappa shape index (κ2) is 6.85. The number of nitrogens with zero attached hydrogens (tertiary/aromatic N) is 3. The van der Waals surface area contributed by atoms with E-state index < -0.39 is 0 Å². The van der Waals surface area contributed by atoms with Gasteiger partial charge in [0.15, 0.2) is 0 Å². The highest BCUT2D eigenvalue weighted by molar-refractivity contribution is 5.73. The molecule has 1 fully saturated rings. The van der Waals surface area contributed by atoms with Crippen molar-refractivity contribution in [3.8, 4) is 0 Å². The van der Waals surface area contributed by atoms with E-state index >= 15 is 0 Å². The van der Waals surface area contributed by atoms with Gasteiger partial charge in [0, 0.05) is 31.4 Å². The first-order chi connectivity index (χ1) is 10.0. The fourth-order valence-electron chi connectivity index (χ4n) is 2.83. The summed E-state index contributed by atoms with van der Waals surface area (Å²) in [6, 6.07) is 1.94. The molecule has 6 nitrogen and oxygen atoms in total. The standard InChI is InChI=1S/C15H24N4O2/c1-5-16-13-6-11(3)17-14(18-13)9-19-7-10(2)12(8-19)15(20)21-4/h6,10,12H,5,7-9H2,1-4H3,(H,16,17,18). The van der Waals surface area contributed by atoms with Crippen molar-refractivity contribution in [3.63, 3.8) is 0 Å². The van der Waals surface area contributed by atoms with Crippen LogP contribution in [-0.2, 0) is 16.1 Å². The van der Waals surface area contributed by atoms with E-state index in [1.54, 1.807) is 0 Å². The first-order valence-corrected chi connectivity index (χ1v) is 7.42. The van der Waals surface area contributed by atoms with Gasteiger partial charge in [-0.1, -0.05) is 6.92 Å². The smallest absolute Gasteiger partial charge is 0.310 e. The topological polar surface area (TPSA) is 67.4 Å². The summed E-state index contributed by atoms with van der Waals surface area (Å²) in [7, 11) is 1.45. The Bertz CT molecular complexity index is 506. The molecule has 2 rings (SSSR count). The van der Waals surface area contributed by atoms with Crippen LogP contribution in [0.4, 0.5) is 5.82 Å². The molecule has 0 spiro atoms. The fourth-order valence-corrected chi connectivity index (χ4v) is 2.83. The van der Waals surface area contributed by atoms with Crippen molar-refractivity contribution in [1.29, 1.82) is 0 Å². The number of anilines is 1. The number of methoxy groups -OCH3 is 1. The average molecular weight is 292 g/mol. The third-order valence-electron chi connectivity index (χ3n) is 3.82. The normalized spacial score (nSPS) is 22.3. The van der Waals surface area contributed by atoms with Gasteiger partial charge in [-0.25, -0.2) is 9.97 Å². The molecule has 0 aliphatic carbocycles. The minimum atomic E-state index is -0.122. The summed E-state index contributed by atoms with van der Waals surface area (Å²) in [5.74, 6) is 1.78. The lowest BCUT2D eigenvalue weighted by molar-refractivity contribution is -0.146. The van der Waals surface area contributed by atoms with Crippen molar-refractivity contribution in [3.05, 3.63) is 17.6 Å². The molecule has 116 valence electrons. The second-order valence-electron chi connectivity index (χ2n) is 5.64. The molecule has 0 aromatic carbocycles. The zero-order valence-electron chi connectivity index (χ0n) is 13.2. The molecule has 1 aromatic heterocycles. The summed E-state index contributed by atoms with van der Waals surface area (Å²) in [6.07, 6.45) is 0. The van der Waals surface area contributed by atoms with Gasteiger partial charge in [-0.2, -0.15) is 0 Å². The Balaban J connectivity index is 2.04. The SMILES string of the molecule is CCNc1cc(C)nc(CN2CC(C)C(C(=O)OC)C2)n1. The minimum Gasteiger partial charge on any atom is -0.469 e. The van der Waals surface area contributed by atoms with E-state index in [2.05, 4.69) is 27.1 Å². The van der Waals surface area contributed by atoms with Gasteiger partial charge in [0.25, 0.3) is 0 Å². The summed E-state index contributed by atoms with van der Waals surface area (Å²) in [5.41, 5.74) is 0.952. The second-order valence-corrected chi connectivity index (χ2v) is 5.64. The molecule has 2 atom stereocenters. The lowest BCUT2D eigenvalue weighted by Crippen LogP contribution is -2.25. The molecule has 21 heavy (non-hydrogen) atoms. The molecule has 0 amide bonds. The Morgan fingerprint density at radius 1 is 1.48 bits per heavy atom. The number of aryl methyl sites for hydroxylation is 1. The molecule has 2 unspecified atom stereocenters. The predicted octanol–water partition coefficient (Wildman–Crippen LogP) is 1.46. The molecule has 1 aliphatic heterocycles. The Morgan fingerprint density at radius 2 is 2.24 bits per heavy atom. The number of carbonyl (C=O) groups excluding carboxylic acids is 1. The Morgan fingerprint density at radius 3 is 2.90 bits per heavy atom. The molecule has 1 N–H and O–H groups in total. The summed E-state index contributed by atoms with van der Waals surface area (Å²) < 4.78 is 4.87. The molecule has 0 saturated carbocycles. The van der Waals surface area contributed by atoms with Crippen LogP contribution in [0.25, 0.3) is 0 Å². The van der Waals surface area contributed by atoms with Gasteiger partial charge in [-0.15, -0.1) is 0 Å². The van der Waals surface area contributed by atoms with Crippen molar-refractivity contribution in [2.24, 2.45) is 11.8 Å². The van der Waals surface area contributed by atoms with Crippen molar-refractivity contribution in [2.75, 3.05) is 32.1 Å². The number of aromatic nitrogens is 2. The van der Waals surface area contributed by atoms with Crippen LogP contribution in [0.5, 0.6) is 0 Å². The molecule has 1 saturated heterocycles. The van der Waals surface area contributed by atoms with Crippen LogP contribution in [0.3, 0.4) is 0 Å². The lowest BCUT2D eigenvalue weighted by atomic mass is 9.99. The molecule has 1 aromatic rings. The highest BCUT2D eigenvalue weighted by Gasteiger charge is 2.35. The Kier molecular flexibility index (Phi) is 5.12. The first kappa shape index (κ1) is 15.7. The largest absolute Gasteiger partial charge is 0.469 e. The first-order valence-electron chi connectivity index (χ1n) is 7.42. The number of hydrogen-bond donors (Lipinski definition) is 1. The highest BCUT2D eigenvalue weighted by Crippen LogP contribution is 2.25. The predicted molar refractivity (Wildman–Crippen MR) is 80.9 cm³/mol. The maximum Gasteiger partial charge on any atom is 0.310 e. The zero-order valence-corrected chi connectivity index (χ0v) is 13.2. The van der Waals surface area contributed by atoms with Crippen LogP contribution in [0.15, 0.2) is 6.07 Å². The van der Waals surface area contributed by atoms with Crippen LogP contribution in [0.1, 0.15) is 25.4 Å². The number of nitrogens with one attached hydrogen (secondary N) is 1. The molecular weight excluding hydrogens is 268 g/mol. The van der Waals surface area contributed by atoms with Crippen molar-refractivity contribution in [1.82, 2.24) is 14.9 Å². The molecule has 2 heterocycles. The number of hydrogen-bond acceptors (Lipinski definition) is 6. The van der Waals surface area contributed by atoms with E-state index in [1.165, 1.54) is 7.11 Å². The number of carbonyl (C=O) groups is 1. The van der Waals surface area contributed by atoms with Gasteiger partial charge in [0.1, 0.15) is 11.6 Å². The van der Waals surface area contributed by atoms with E-state index in [0.717, 1.165) is 30.4 Å². The van der Waals surface area contributed by atoms with Crippen molar-refractivity contribution < 1.29 is 9.53 Å². The van der Waals surface area contributed by atoms with Crippen LogP contribution in [-0.4, -0.2) is 47.6 Å². The summed E-state index contributed by atoms with van der Waals surface area (Å²) in [5, 5.41) is 3.21. The minimum absolute atomic E-state index is 0.0481.